The standard InChI is InChI=1S/C29H30ClN7O2S/c1-2-37-28(39)26(40-29(37)25(19-32)27(38)33-12-11-31)20-34-23-5-3-4-21(18-23)10-13-35-14-16-36(17-15-35)24-8-6-22(30)7-9-24/h3-9,18,20,34H,2,10,12-17H2,1H3,(H,33,38). The number of nitrogens with zero attached hydrogens (tertiary/aromatic N) is 5. The van der Waals surface area contributed by atoms with E-state index in [1.165, 1.54) is 15.8 Å². The third-order valence-corrected chi connectivity index (χ3v) is 8.06. The first-order valence-corrected chi connectivity index (χ1v) is 14.2. The number of anilines is 2. The summed E-state index contributed by atoms with van der Waals surface area (Å²) in [7, 11) is 0. The van der Waals surface area contributed by atoms with Crippen molar-refractivity contribution in [3.05, 3.63) is 78.7 Å². The Morgan fingerprint density at radius 3 is 2.55 bits per heavy atom. The van der Waals surface area contributed by atoms with Gasteiger partial charge in [-0.3, -0.25) is 19.1 Å². The average Bonchev–Trinajstić information content (AvgIpc) is 3.29. The summed E-state index contributed by atoms with van der Waals surface area (Å²) in [4.78, 5) is 30.1. The molecule has 4 rings (SSSR count). The molecule has 11 heteroatoms. The summed E-state index contributed by atoms with van der Waals surface area (Å²) in [5.74, 6) is -0.675. The van der Waals surface area contributed by atoms with Gasteiger partial charge < -0.3 is 15.5 Å². The van der Waals surface area contributed by atoms with Gasteiger partial charge >= 0.3 is 0 Å². The Hall–Kier alpha value is -4.09. The van der Waals surface area contributed by atoms with Crippen LogP contribution in [0.1, 0.15) is 12.5 Å². The summed E-state index contributed by atoms with van der Waals surface area (Å²) in [6, 6.07) is 19.7. The van der Waals surface area contributed by atoms with Crippen LogP contribution in [0.2, 0.25) is 5.02 Å². The minimum Gasteiger partial charge on any atom is -0.369 e. The van der Waals surface area contributed by atoms with Gasteiger partial charge in [-0.05, 0) is 55.3 Å². The van der Waals surface area contributed by atoms with Crippen LogP contribution in [0, 0.1) is 22.7 Å². The maximum Gasteiger partial charge on any atom is 0.270 e. The molecule has 0 unspecified atom stereocenters. The van der Waals surface area contributed by atoms with Crippen LogP contribution in [0.3, 0.4) is 0 Å². The van der Waals surface area contributed by atoms with Gasteiger partial charge in [0.2, 0.25) is 0 Å². The van der Waals surface area contributed by atoms with Crippen LogP contribution in [-0.2, 0) is 17.8 Å². The third-order valence-electron chi connectivity index (χ3n) is 6.68. The first-order chi connectivity index (χ1) is 19.4. The predicted octanol–water partition coefficient (Wildman–Crippen LogP) is 2.11. The zero-order chi connectivity index (χ0) is 28.5. The monoisotopic (exact) mass is 575 g/mol. The van der Waals surface area contributed by atoms with Gasteiger partial charge in [-0.1, -0.05) is 23.7 Å². The number of rotatable bonds is 9. The number of piperazine rings is 1. The maximum atomic E-state index is 13.0. The van der Waals surface area contributed by atoms with E-state index in [2.05, 4.69) is 44.7 Å². The van der Waals surface area contributed by atoms with E-state index < -0.39 is 5.91 Å². The van der Waals surface area contributed by atoms with Crippen molar-refractivity contribution in [2.45, 2.75) is 19.9 Å². The zero-order valence-electron chi connectivity index (χ0n) is 22.2. The molecular weight excluding hydrogens is 546 g/mol. The van der Waals surface area contributed by atoms with Crippen LogP contribution < -0.4 is 30.3 Å². The number of carbonyl (C=O) groups excluding carboxylic acids is 1. The normalized spacial score (nSPS) is 14.8. The molecule has 1 aliphatic rings. The van der Waals surface area contributed by atoms with Crippen LogP contribution in [0.25, 0.3) is 11.8 Å². The molecular formula is C29H30ClN7O2S. The molecule has 3 aromatic rings. The number of hydrogen-bond donors (Lipinski definition) is 2. The lowest BCUT2D eigenvalue weighted by molar-refractivity contribution is -0.115. The summed E-state index contributed by atoms with van der Waals surface area (Å²) in [5, 5.41) is 24.6. The summed E-state index contributed by atoms with van der Waals surface area (Å²) < 4.78 is 2.04. The fraction of sp³-hybridized carbons (Fsp3) is 0.310. The number of hydrogen-bond acceptors (Lipinski definition) is 8. The highest BCUT2D eigenvalue weighted by molar-refractivity contribution is 7.07. The number of benzene rings is 2. The fourth-order valence-electron chi connectivity index (χ4n) is 4.53. The molecule has 1 aliphatic heterocycles. The summed E-state index contributed by atoms with van der Waals surface area (Å²) in [6.45, 7) is 6.75. The van der Waals surface area contributed by atoms with Gasteiger partial charge in [0.25, 0.3) is 11.5 Å². The van der Waals surface area contributed by atoms with Crippen LogP contribution in [-0.4, -0.2) is 54.6 Å². The largest absolute Gasteiger partial charge is 0.369 e. The minimum atomic E-state index is -0.675. The Kier molecular flexibility index (Phi) is 9.98. The summed E-state index contributed by atoms with van der Waals surface area (Å²) in [5.41, 5.74) is 2.76. The number of carbonyl (C=O) groups is 1. The van der Waals surface area contributed by atoms with Crippen molar-refractivity contribution in [3.8, 4) is 12.1 Å². The SMILES string of the molecule is CCn1c(=C(C#N)C(=O)NCC#N)sc(=CNc2cccc(CCN3CCN(c4ccc(Cl)cc4)CC3)c2)c1=O. The molecule has 0 saturated carbocycles. The topological polar surface area (TPSA) is 117 Å². The smallest absolute Gasteiger partial charge is 0.270 e. The van der Waals surface area contributed by atoms with E-state index in [4.69, 9.17) is 16.9 Å². The predicted molar refractivity (Wildman–Crippen MR) is 159 cm³/mol. The highest BCUT2D eigenvalue weighted by atomic mass is 35.5. The molecule has 1 saturated heterocycles. The van der Waals surface area contributed by atoms with E-state index in [0.29, 0.717) is 11.1 Å². The minimum absolute atomic E-state index is 0.185. The number of thiazole rings is 1. The third kappa shape index (κ3) is 7.10. The van der Waals surface area contributed by atoms with Crippen molar-refractivity contribution in [1.82, 2.24) is 14.8 Å². The van der Waals surface area contributed by atoms with Gasteiger partial charge in [-0.15, -0.1) is 11.3 Å². The maximum absolute atomic E-state index is 13.0. The molecule has 2 heterocycles. The van der Waals surface area contributed by atoms with Gasteiger partial charge in [0.15, 0.2) is 5.57 Å². The molecule has 0 atom stereocenters. The fourth-order valence-corrected chi connectivity index (χ4v) is 5.74. The average molecular weight is 576 g/mol. The lowest BCUT2D eigenvalue weighted by atomic mass is 10.1. The van der Waals surface area contributed by atoms with Crippen molar-refractivity contribution in [3.63, 3.8) is 0 Å². The molecule has 206 valence electrons. The second kappa shape index (κ2) is 13.8. The Balaban J connectivity index is 1.41. The van der Waals surface area contributed by atoms with Crippen molar-refractivity contribution < 1.29 is 4.79 Å². The number of nitriles is 2. The molecule has 1 amide bonds. The molecule has 2 aromatic carbocycles. The lowest BCUT2D eigenvalue weighted by Crippen LogP contribution is -2.46. The lowest BCUT2D eigenvalue weighted by Gasteiger charge is -2.36. The molecule has 0 spiro atoms. The van der Waals surface area contributed by atoms with Crippen LogP contribution >= 0.6 is 22.9 Å². The molecule has 9 nitrogen and oxygen atoms in total. The quantitative estimate of drug-likeness (QED) is 0.375. The van der Waals surface area contributed by atoms with Gasteiger partial charge in [0.05, 0.1) is 6.07 Å². The Morgan fingerprint density at radius 1 is 1.12 bits per heavy atom. The van der Waals surface area contributed by atoms with Gasteiger partial charge in [0, 0.05) is 61.9 Å². The molecule has 40 heavy (non-hydrogen) atoms. The zero-order valence-corrected chi connectivity index (χ0v) is 23.8. The number of aromatic nitrogens is 1. The molecule has 2 N–H and O–H groups in total. The number of nitrogens with one attached hydrogen (secondary N) is 2. The molecule has 1 aromatic heterocycles. The molecule has 1 fully saturated rings. The van der Waals surface area contributed by atoms with E-state index in [0.717, 1.165) is 61.2 Å². The Bertz CT molecular complexity index is 1610. The summed E-state index contributed by atoms with van der Waals surface area (Å²) in [6.07, 6.45) is 2.51. The Labute approximate surface area is 241 Å². The van der Waals surface area contributed by atoms with Gasteiger partial charge in [-0.2, -0.15) is 10.5 Å². The second-order valence-electron chi connectivity index (χ2n) is 9.19. The highest BCUT2D eigenvalue weighted by Crippen LogP contribution is 2.20. The second-order valence-corrected chi connectivity index (χ2v) is 10.7. The van der Waals surface area contributed by atoms with E-state index in [1.807, 2.05) is 36.4 Å². The van der Waals surface area contributed by atoms with Crippen molar-refractivity contribution in [1.29, 1.82) is 10.5 Å². The van der Waals surface area contributed by atoms with E-state index in [-0.39, 0.29) is 22.3 Å². The van der Waals surface area contributed by atoms with E-state index >= 15 is 0 Å². The molecule has 0 bridgehead atoms. The number of halogens is 1. The van der Waals surface area contributed by atoms with Crippen molar-refractivity contribution in [2.75, 3.05) is 49.5 Å². The highest BCUT2D eigenvalue weighted by Gasteiger charge is 2.17. The first-order valence-electron chi connectivity index (χ1n) is 13.0. The van der Waals surface area contributed by atoms with Crippen molar-refractivity contribution in [2.24, 2.45) is 0 Å². The van der Waals surface area contributed by atoms with Gasteiger partial charge in [-0.25, -0.2) is 0 Å². The number of amides is 1. The van der Waals surface area contributed by atoms with Crippen LogP contribution in [0.4, 0.5) is 11.4 Å². The first kappa shape index (κ1) is 28.9. The van der Waals surface area contributed by atoms with Crippen molar-refractivity contribution >= 4 is 52.0 Å². The van der Waals surface area contributed by atoms with Crippen LogP contribution in [0.15, 0.2) is 53.3 Å². The Morgan fingerprint density at radius 2 is 1.88 bits per heavy atom. The summed E-state index contributed by atoms with van der Waals surface area (Å²) >= 11 is 7.08. The van der Waals surface area contributed by atoms with E-state index in [9.17, 15) is 14.9 Å². The molecule has 0 aliphatic carbocycles. The van der Waals surface area contributed by atoms with Gasteiger partial charge in [0.1, 0.15) is 21.8 Å². The van der Waals surface area contributed by atoms with E-state index in [1.54, 1.807) is 13.1 Å². The van der Waals surface area contributed by atoms with Crippen LogP contribution in [0.5, 0.6) is 0 Å². The molecule has 0 radical (unpaired) electrons.